The maximum Gasteiger partial charge on any atom is 0.237 e. The van der Waals surface area contributed by atoms with E-state index in [0.717, 1.165) is 5.56 Å². The van der Waals surface area contributed by atoms with E-state index in [0.29, 0.717) is 16.6 Å². The highest BCUT2D eigenvalue weighted by Gasteiger charge is 2.15. The number of nitrogens with one attached hydrogen (secondary N) is 1. The topological polar surface area (TPSA) is 29.1 Å². The van der Waals surface area contributed by atoms with Crippen LogP contribution < -0.4 is 5.32 Å². The fourth-order valence-corrected chi connectivity index (χ4v) is 2.25. The second kappa shape index (κ2) is 6.90. The quantitative estimate of drug-likeness (QED) is 0.797. The Morgan fingerprint density at radius 1 is 1.25 bits per heavy atom. The van der Waals surface area contributed by atoms with Crippen LogP contribution in [0, 0.1) is 5.82 Å². The van der Waals surface area contributed by atoms with E-state index in [1.54, 1.807) is 12.1 Å². The minimum absolute atomic E-state index is 0.251. The zero-order valence-electron chi connectivity index (χ0n) is 10.5. The first-order valence-corrected chi connectivity index (χ1v) is 7.35. The molecule has 1 amide bonds. The molecule has 0 saturated carbocycles. The van der Waals surface area contributed by atoms with Crippen molar-refractivity contribution in [1.82, 2.24) is 0 Å². The number of carbonyl (C=O) groups is 1. The fourth-order valence-electron chi connectivity index (χ4n) is 1.73. The van der Waals surface area contributed by atoms with E-state index in [9.17, 15) is 9.18 Å². The van der Waals surface area contributed by atoms with Crippen molar-refractivity contribution in [2.24, 2.45) is 0 Å². The first kappa shape index (κ1) is 15.1. The van der Waals surface area contributed by atoms with Crippen LogP contribution in [0.3, 0.4) is 0 Å². The maximum atomic E-state index is 13.4. The molecule has 0 aliphatic carbocycles. The summed E-state index contributed by atoms with van der Waals surface area (Å²) in [6.07, 6.45) is 0.523. The van der Waals surface area contributed by atoms with Crippen LogP contribution in [0.5, 0.6) is 0 Å². The largest absolute Gasteiger partial charge is 0.325 e. The van der Waals surface area contributed by atoms with Gasteiger partial charge in [-0.05, 0) is 46.1 Å². The monoisotopic (exact) mass is 353 g/mol. The van der Waals surface area contributed by atoms with Crippen LogP contribution in [0.25, 0.3) is 0 Å². The van der Waals surface area contributed by atoms with Gasteiger partial charge in [-0.1, -0.05) is 30.3 Å². The van der Waals surface area contributed by atoms with E-state index in [1.165, 1.54) is 6.07 Å². The molecule has 20 heavy (non-hydrogen) atoms. The SMILES string of the molecule is O=C(Nc1ccc(Br)c(F)c1)C(S)Cc1ccccc1. The number of anilines is 1. The number of benzene rings is 2. The van der Waals surface area contributed by atoms with Crippen molar-refractivity contribution in [3.05, 3.63) is 64.4 Å². The van der Waals surface area contributed by atoms with E-state index in [-0.39, 0.29) is 5.91 Å². The van der Waals surface area contributed by atoms with Crippen molar-refractivity contribution in [1.29, 1.82) is 0 Å². The number of halogens is 2. The van der Waals surface area contributed by atoms with Crippen molar-refractivity contribution >= 4 is 40.2 Å². The van der Waals surface area contributed by atoms with E-state index in [2.05, 4.69) is 33.9 Å². The number of rotatable bonds is 4. The molecule has 0 bridgehead atoms. The van der Waals surface area contributed by atoms with Gasteiger partial charge in [-0.25, -0.2) is 4.39 Å². The van der Waals surface area contributed by atoms with Gasteiger partial charge in [0, 0.05) is 5.69 Å². The van der Waals surface area contributed by atoms with Gasteiger partial charge in [-0.15, -0.1) is 0 Å². The predicted molar refractivity (Wildman–Crippen MR) is 85.6 cm³/mol. The summed E-state index contributed by atoms with van der Waals surface area (Å²) in [5.74, 6) is -0.666. The Hall–Kier alpha value is -1.33. The first-order valence-electron chi connectivity index (χ1n) is 6.04. The molecule has 2 nitrogen and oxygen atoms in total. The van der Waals surface area contributed by atoms with Crippen LogP contribution >= 0.6 is 28.6 Å². The lowest BCUT2D eigenvalue weighted by Crippen LogP contribution is -2.25. The molecule has 5 heteroatoms. The van der Waals surface area contributed by atoms with Crippen LogP contribution in [0.1, 0.15) is 5.56 Å². The molecule has 0 spiro atoms. The summed E-state index contributed by atoms with van der Waals surface area (Å²) in [7, 11) is 0. The summed E-state index contributed by atoms with van der Waals surface area (Å²) < 4.78 is 13.7. The highest BCUT2D eigenvalue weighted by atomic mass is 79.9. The molecule has 0 saturated heterocycles. The molecule has 0 aromatic heterocycles. The number of carbonyl (C=O) groups excluding carboxylic acids is 1. The van der Waals surface area contributed by atoms with Crippen LogP contribution in [-0.4, -0.2) is 11.2 Å². The van der Waals surface area contributed by atoms with Gasteiger partial charge in [0.2, 0.25) is 5.91 Å². The first-order chi connectivity index (χ1) is 9.56. The molecule has 2 aromatic rings. The molecule has 1 unspecified atom stereocenters. The smallest absolute Gasteiger partial charge is 0.237 e. The maximum absolute atomic E-state index is 13.4. The van der Waals surface area contributed by atoms with Gasteiger partial charge in [-0.2, -0.15) is 12.6 Å². The minimum atomic E-state index is -0.482. The van der Waals surface area contributed by atoms with Crippen LogP contribution in [0.15, 0.2) is 53.0 Å². The minimum Gasteiger partial charge on any atom is -0.325 e. The summed E-state index contributed by atoms with van der Waals surface area (Å²) in [5, 5.41) is 2.17. The third-order valence-electron chi connectivity index (χ3n) is 2.76. The molecule has 0 aliphatic heterocycles. The van der Waals surface area contributed by atoms with Gasteiger partial charge in [0.1, 0.15) is 5.82 Å². The van der Waals surface area contributed by atoms with E-state index in [1.807, 2.05) is 30.3 Å². The fraction of sp³-hybridized carbons (Fsp3) is 0.133. The second-order valence-corrected chi connectivity index (χ2v) is 5.80. The summed E-state index contributed by atoms with van der Waals surface area (Å²) in [6.45, 7) is 0. The number of hydrogen-bond donors (Lipinski definition) is 2. The normalized spacial score (nSPS) is 11.9. The Balaban J connectivity index is 1.99. The van der Waals surface area contributed by atoms with Gasteiger partial charge in [0.25, 0.3) is 0 Å². The Bertz CT molecular complexity index is 606. The lowest BCUT2D eigenvalue weighted by atomic mass is 10.1. The standard InChI is InChI=1S/C15H13BrFNOS/c16-12-7-6-11(9-13(12)17)18-15(19)14(20)8-10-4-2-1-3-5-10/h1-7,9,14,20H,8H2,(H,18,19). The molecule has 1 N–H and O–H groups in total. The van der Waals surface area contributed by atoms with Crippen molar-refractivity contribution in [2.75, 3.05) is 5.32 Å². The Morgan fingerprint density at radius 2 is 1.95 bits per heavy atom. The Morgan fingerprint density at radius 3 is 2.60 bits per heavy atom. The molecule has 2 aromatic carbocycles. The molecule has 0 fully saturated rings. The Labute approximate surface area is 130 Å². The summed E-state index contributed by atoms with van der Waals surface area (Å²) >= 11 is 7.36. The van der Waals surface area contributed by atoms with E-state index < -0.39 is 11.1 Å². The molecule has 2 rings (SSSR count). The predicted octanol–water partition coefficient (Wildman–Crippen LogP) is 4.07. The third kappa shape index (κ3) is 4.08. The van der Waals surface area contributed by atoms with Gasteiger partial charge < -0.3 is 5.32 Å². The lowest BCUT2D eigenvalue weighted by molar-refractivity contribution is -0.115. The lowest BCUT2D eigenvalue weighted by Gasteiger charge is -2.12. The van der Waals surface area contributed by atoms with Crippen LogP contribution in [0.2, 0.25) is 0 Å². The Kier molecular flexibility index (Phi) is 5.20. The summed E-state index contributed by atoms with van der Waals surface area (Å²) in [6, 6.07) is 14.1. The van der Waals surface area contributed by atoms with Gasteiger partial charge in [-0.3, -0.25) is 4.79 Å². The highest BCUT2D eigenvalue weighted by Crippen LogP contribution is 2.20. The third-order valence-corrected chi connectivity index (χ3v) is 3.82. The molecule has 1 atom stereocenters. The van der Waals surface area contributed by atoms with E-state index in [4.69, 9.17) is 0 Å². The van der Waals surface area contributed by atoms with Crippen molar-refractivity contribution in [3.63, 3.8) is 0 Å². The molecule has 0 aliphatic rings. The van der Waals surface area contributed by atoms with E-state index >= 15 is 0 Å². The second-order valence-electron chi connectivity index (χ2n) is 4.32. The van der Waals surface area contributed by atoms with Crippen LogP contribution in [-0.2, 0) is 11.2 Å². The highest BCUT2D eigenvalue weighted by molar-refractivity contribution is 9.10. The van der Waals surface area contributed by atoms with Crippen molar-refractivity contribution < 1.29 is 9.18 Å². The average Bonchev–Trinajstić information content (AvgIpc) is 2.44. The molecular formula is C15H13BrFNOS. The van der Waals surface area contributed by atoms with Gasteiger partial charge in [0.05, 0.1) is 9.72 Å². The molecule has 104 valence electrons. The number of hydrogen-bond acceptors (Lipinski definition) is 2. The van der Waals surface area contributed by atoms with Gasteiger partial charge in [0.15, 0.2) is 0 Å². The zero-order chi connectivity index (χ0) is 14.5. The molecule has 0 radical (unpaired) electrons. The zero-order valence-corrected chi connectivity index (χ0v) is 13.0. The van der Waals surface area contributed by atoms with Crippen molar-refractivity contribution in [2.45, 2.75) is 11.7 Å². The molecular weight excluding hydrogens is 341 g/mol. The molecule has 0 heterocycles. The summed E-state index contributed by atoms with van der Waals surface area (Å²) in [4.78, 5) is 12.0. The van der Waals surface area contributed by atoms with Crippen LogP contribution in [0.4, 0.5) is 10.1 Å². The number of amides is 1. The van der Waals surface area contributed by atoms with Gasteiger partial charge >= 0.3 is 0 Å². The average molecular weight is 354 g/mol. The number of thiol groups is 1. The summed E-state index contributed by atoms with van der Waals surface area (Å²) in [5.41, 5.74) is 1.45. The van der Waals surface area contributed by atoms with Crippen molar-refractivity contribution in [3.8, 4) is 0 Å².